The van der Waals surface area contributed by atoms with Gasteiger partial charge in [0.25, 0.3) is 0 Å². The van der Waals surface area contributed by atoms with Gasteiger partial charge < -0.3 is 5.11 Å². The third kappa shape index (κ3) is 2.85. The van der Waals surface area contributed by atoms with Crippen molar-refractivity contribution < 1.29 is 5.11 Å². The summed E-state index contributed by atoms with van der Waals surface area (Å²) in [5.41, 5.74) is -0.0558. The number of hydrogen-bond donors (Lipinski definition) is 2. The second-order valence-electron chi connectivity index (χ2n) is 4.95. The van der Waals surface area contributed by atoms with Gasteiger partial charge in [0.05, 0.1) is 6.61 Å². The average molecular weight is 217 g/mol. The maximum atomic E-state index is 9.59. The topological polar surface area (TPSA) is 32.3 Å². The monoisotopic (exact) mass is 217 g/mol. The molecule has 0 aliphatic rings. The lowest BCUT2D eigenvalue weighted by Gasteiger charge is -2.35. The van der Waals surface area contributed by atoms with Gasteiger partial charge in [-0.25, -0.2) is 0 Å². The van der Waals surface area contributed by atoms with Crippen molar-refractivity contribution in [1.29, 1.82) is 0 Å². The van der Waals surface area contributed by atoms with E-state index in [9.17, 15) is 5.11 Å². The third-order valence-corrected chi connectivity index (χ3v) is 2.34. The number of aliphatic hydroxyl groups is 1. The second-order valence-corrected chi connectivity index (χ2v) is 4.95. The van der Waals surface area contributed by atoms with Gasteiger partial charge in [-0.15, -0.1) is 6.42 Å². The standard InChI is InChI=1S/C14H19NO/c1-5-14(11-16,15-13(2,3)4)12-9-7-6-8-10-12/h1,6-10,15-16H,11H2,2-4H3/t14-/m0/s1. The summed E-state index contributed by atoms with van der Waals surface area (Å²) in [6.45, 7) is 5.96. The highest BCUT2D eigenvalue weighted by Crippen LogP contribution is 2.22. The van der Waals surface area contributed by atoms with Crippen molar-refractivity contribution in [2.75, 3.05) is 6.61 Å². The smallest absolute Gasteiger partial charge is 0.129 e. The first kappa shape index (κ1) is 12.8. The molecule has 0 amide bonds. The van der Waals surface area contributed by atoms with Crippen LogP contribution >= 0.6 is 0 Å². The van der Waals surface area contributed by atoms with E-state index in [0.717, 1.165) is 5.56 Å². The Morgan fingerprint density at radius 2 is 1.81 bits per heavy atom. The maximum Gasteiger partial charge on any atom is 0.129 e. The van der Waals surface area contributed by atoms with Gasteiger partial charge in [0.1, 0.15) is 5.54 Å². The van der Waals surface area contributed by atoms with E-state index in [4.69, 9.17) is 6.42 Å². The van der Waals surface area contributed by atoms with Crippen LogP contribution in [-0.4, -0.2) is 17.3 Å². The van der Waals surface area contributed by atoms with Crippen molar-refractivity contribution in [1.82, 2.24) is 5.32 Å². The number of aliphatic hydroxyl groups excluding tert-OH is 1. The van der Waals surface area contributed by atoms with E-state index in [1.165, 1.54) is 0 Å². The normalized spacial score (nSPS) is 15.2. The number of rotatable bonds is 3. The molecule has 0 fully saturated rings. The molecule has 1 aromatic rings. The van der Waals surface area contributed by atoms with E-state index in [-0.39, 0.29) is 12.1 Å². The predicted octanol–water partition coefficient (Wildman–Crippen LogP) is 1.90. The lowest BCUT2D eigenvalue weighted by Crippen LogP contribution is -2.53. The van der Waals surface area contributed by atoms with Gasteiger partial charge in [0.15, 0.2) is 0 Å². The van der Waals surface area contributed by atoms with Gasteiger partial charge in [-0.2, -0.15) is 0 Å². The second kappa shape index (κ2) is 4.69. The van der Waals surface area contributed by atoms with Crippen LogP contribution in [0.1, 0.15) is 26.3 Å². The van der Waals surface area contributed by atoms with E-state index in [2.05, 4.69) is 11.2 Å². The minimum atomic E-state index is -0.806. The molecule has 0 spiro atoms. The molecule has 1 rings (SSSR count). The van der Waals surface area contributed by atoms with Crippen LogP contribution in [0.5, 0.6) is 0 Å². The highest BCUT2D eigenvalue weighted by molar-refractivity contribution is 5.34. The summed E-state index contributed by atoms with van der Waals surface area (Å²) in [5, 5.41) is 12.9. The van der Waals surface area contributed by atoms with Crippen LogP contribution in [0.15, 0.2) is 30.3 Å². The van der Waals surface area contributed by atoms with E-state index in [1.807, 2.05) is 51.1 Å². The molecule has 0 bridgehead atoms. The molecule has 0 unspecified atom stereocenters. The predicted molar refractivity (Wildman–Crippen MR) is 66.9 cm³/mol. The van der Waals surface area contributed by atoms with Crippen molar-refractivity contribution in [3.8, 4) is 12.3 Å². The van der Waals surface area contributed by atoms with E-state index >= 15 is 0 Å². The fraction of sp³-hybridized carbons (Fsp3) is 0.429. The van der Waals surface area contributed by atoms with Crippen LogP contribution in [-0.2, 0) is 5.54 Å². The Morgan fingerprint density at radius 3 is 2.19 bits per heavy atom. The lowest BCUT2D eigenvalue weighted by atomic mass is 9.88. The Kier molecular flexibility index (Phi) is 3.74. The highest BCUT2D eigenvalue weighted by Gasteiger charge is 2.32. The molecule has 1 aromatic carbocycles. The average Bonchev–Trinajstić information content (AvgIpc) is 2.26. The molecule has 0 saturated heterocycles. The van der Waals surface area contributed by atoms with Gasteiger partial charge in [-0.1, -0.05) is 36.3 Å². The zero-order chi connectivity index (χ0) is 12.2. The van der Waals surface area contributed by atoms with E-state index in [1.54, 1.807) is 0 Å². The molecule has 0 aliphatic heterocycles. The van der Waals surface area contributed by atoms with Gasteiger partial charge in [0, 0.05) is 5.54 Å². The minimum Gasteiger partial charge on any atom is -0.393 e. The summed E-state index contributed by atoms with van der Waals surface area (Å²) < 4.78 is 0. The number of benzene rings is 1. The molecular weight excluding hydrogens is 198 g/mol. The summed E-state index contributed by atoms with van der Waals surface area (Å²) >= 11 is 0. The third-order valence-electron chi connectivity index (χ3n) is 2.34. The molecule has 0 radical (unpaired) electrons. The van der Waals surface area contributed by atoms with Gasteiger partial charge in [-0.05, 0) is 26.3 Å². The first-order valence-corrected chi connectivity index (χ1v) is 5.37. The van der Waals surface area contributed by atoms with Crippen LogP contribution in [0, 0.1) is 12.3 Å². The van der Waals surface area contributed by atoms with Crippen molar-refractivity contribution in [2.24, 2.45) is 0 Å². The number of terminal acetylenes is 1. The van der Waals surface area contributed by atoms with Crippen LogP contribution in [0.2, 0.25) is 0 Å². The summed E-state index contributed by atoms with van der Waals surface area (Å²) in [6.07, 6.45) is 5.58. The van der Waals surface area contributed by atoms with Crippen molar-refractivity contribution >= 4 is 0 Å². The molecular formula is C14H19NO. The van der Waals surface area contributed by atoms with Gasteiger partial charge >= 0.3 is 0 Å². The molecule has 2 heteroatoms. The Hall–Kier alpha value is -1.30. The van der Waals surface area contributed by atoms with Crippen molar-refractivity contribution in [2.45, 2.75) is 31.8 Å². The van der Waals surface area contributed by atoms with Crippen LogP contribution in [0.4, 0.5) is 0 Å². The molecule has 2 N–H and O–H groups in total. The first-order chi connectivity index (χ1) is 7.43. The molecule has 86 valence electrons. The zero-order valence-corrected chi connectivity index (χ0v) is 10.1. The Morgan fingerprint density at radius 1 is 1.25 bits per heavy atom. The van der Waals surface area contributed by atoms with Crippen molar-refractivity contribution in [3.05, 3.63) is 35.9 Å². The van der Waals surface area contributed by atoms with Crippen LogP contribution < -0.4 is 5.32 Å². The number of hydrogen-bond acceptors (Lipinski definition) is 2. The number of nitrogens with one attached hydrogen (secondary N) is 1. The summed E-state index contributed by atoms with van der Waals surface area (Å²) in [7, 11) is 0. The molecule has 0 aliphatic carbocycles. The summed E-state index contributed by atoms with van der Waals surface area (Å²) in [4.78, 5) is 0. The largest absolute Gasteiger partial charge is 0.393 e. The van der Waals surface area contributed by atoms with Gasteiger partial charge in [0.2, 0.25) is 0 Å². The zero-order valence-electron chi connectivity index (χ0n) is 10.1. The Bertz CT molecular complexity index is 372. The van der Waals surface area contributed by atoms with E-state index < -0.39 is 5.54 Å². The van der Waals surface area contributed by atoms with Crippen molar-refractivity contribution in [3.63, 3.8) is 0 Å². The summed E-state index contributed by atoms with van der Waals surface area (Å²) in [6, 6.07) is 9.62. The Balaban J connectivity index is 3.13. The van der Waals surface area contributed by atoms with Crippen LogP contribution in [0.3, 0.4) is 0 Å². The molecule has 2 nitrogen and oxygen atoms in total. The fourth-order valence-corrected chi connectivity index (χ4v) is 1.73. The lowest BCUT2D eigenvalue weighted by molar-refractivity contribution is 0.173. The Labute approximate surface area is 97.7 Å². The van der Waals surface area contributed by atoms with E-state index in [0.29, 0.717) is 0 Å². The molecule has 0 aromatic heterocycles. The SMILES string of the molecule is C#C[C@@](CO)(NC(C)(C)C)c1ccccc1. The molecule has 0 heterocycles. The molecule has 0 saturated carbocycles. The highest BCUT2D eigenvalue weighted by atomic mass is 16.3. The molecule has 16 heavy (non-hydrogen) atoms. The minimum absolute atomic E-state index is 0.120. The maximum absolute atomic E-state index is 9.59. The van der Waals surface area contributed by atoms with Crippen LogP contribution in [0.25, 0.3) is 0 Å². The molecule has 1 atom stereocenters. The first-order valence-electron chi connectivity index (χ1n) is 5.37. The fourth-order valence-electron chi connectivity index (χ4n) is 1.73. The van der Waals surface area contributed by atoms with Gasteiger partial charge in [-0.3, -0.25) is 5.32 Å². The quantitative estimate of drug-likeness (QED) is 0.758. The summed E-state index contributed by atoms with van der Waals surface area (Å²) in [5.74, 6) is 2.68.